The van der Waals surface area contributed by atoms with Gasteiger partial charge in [0.2, 0.25) is 0 Å². The van der Waals surface area contributed by atoms with Crippen molar-refractivity contribution in [2.45, 2.75) is 20.0 Å². The molecular weight excluding hydrogens is 216 g/mol. The van der Waals surface area contributed by atoms with Crippen molar-refractivity contribution in [2.75, 3.05) is 5.32 Å². The van der Waals surface area contributed by atoms with Crippen LogP contribution in [-0.4, -0.2) is 17.2 Å². The summed E-state index contributed by atoms with van der Waals surface area (Å²) in [5.74, 6) is 0. The fraction of sp³-hybridized carbons (Fsp3) is 0.231. The fourth-order valence-electron chi connectivity index (χ4n) is 1.56. The van der Waals surface area contributed by atoms with Crippen molar-refractivity contribution in [3.63, 3.8) is 0 Å². The van der Waals surface area contributed by atoms with Crippen LogP contribution in [0, 0.1) is 0 Å². The van der Waals surface area contributed by atoms with E-state index >= 15 is 0 Å². The average molecular weight is 230 g/mol. The van der Waals surface area contributed by atoms with E-state index in [-0.39, 0.29) is 6.10 Å². The lowest BCUT2D eigenvalue weighted by molar-refractivity contribution is 0.130. The summed E-state index contributed by atoms with van der Waals surface area (Å²) in [6, 6.07) is 9.42. The van der Waals surface area contributed by atoms with Gasteiger partial charge in [0.15, 0.2) is 0 Å². The van der Waals surface area contributed by atoms with Crippen molar-refractivity contribution >= 4 is 22.7 Å². The highest BCUT2D eigenvalue weighted by atomic mass is 16.6. The van der Waals surface area contributed by atoms with Gasteiger partial charge in [-0.15, -0.1) is 0 Å². The van der Waals surface area contributed by atoms with E-state index in [4.69, 9.17) is 4.74 Å². The largest absolute Gasteiger partial charge is 0.447 e. The van der Waals surface area contributed by atoms with Crippen LogP contribution >= 0.6 is 0 Å². The third-order valence-electron chi connectivity index (χ3n) is 2.21. The van der Waals surface area contributed by atoms with Gasteiger partial charge in [-0.05, 0) is 26.0 Å². The minimum Gasteiger partial charge on any atom is -0.447 e. The molecule has 0 aliphatic heterocycles. The Labute approximate surface area is 99.6 Å². The number of hydrogen-bond donors (Lipinski definition) is 1. The average Bonchev–Trinajstić information content (AvgIpc) is 2.28. The Kier molecular flexibility index (Phi) is 3.23. The summed E-state index contributed by atoms with van der Waals surface area (Å²) < 4.78 is 5.03. The van der Waals surface area contributed by atoms with Gasteiger partial charge in [-0.3, -0.25) is 10.3 Å². The summed E-state index contributed by atoms with van der Waals surface area (Å²) in [7, 11) is 0. The molecule has 4 heteroatoms. The van der Waals surface area contributed by atoms with Gasteiger partial charge >= 0.3 is 6.09 Å². The van der Waals surface area contributed by atoms with Gasteiger partial charge in [-0.2, -0.15) is 0 Å². The number of ether oxygens (including phenoxy) is 1. The van der Waals surface area contributed by atoms with E-state index in [0.29, 0.717) is 5.69 Å². The smallest absolute Gasteiger partial charge is 0.411 e. The van der Waals surface area contributed by atoms with E-state index < -0.39 is 6.09 Å². The fourth-order valence-corrected chi connectivity index (χ4v) is 1.56. The van der Waals surface area contributed by atoms with Crippen LogP contribution in [0.2, 0.25) is 0 Å². The summed E-state index contributed by atoms with van der Waals surface area (Å²) in [6.45, 7) is 3.61. The number of pyridine rings is 1. The number of carbonyl (C=O) groups is 1. The predicted molar refractivity (Wildman–Crippen MR) is 67.0 cm³/mol. The molecule has 0 aliphatic rings. The number of fused-ring (bicyclic) bond motifs is 1. The number of hydrogen-bond acceptors (Lipinski definition) is 3. The zero-order valence-corrected chi connectivity index (χ0v) is 9.81. The first-order valence-electron chi connectivity index (χ1n) is 5.48. The zero-order chi connectivity index (χ0) is 12.3. The molecule has 0 radical (unpaired) electrons. The van der Waals surface area contributed by atoms with Crippen LogP contribution in [0.1, 0.15) is 13.8 Å². The van der Waals surface area contributed by atoms with E-state index in [0.717, 1.165) is 10.9 Å². The molecule has 0 atom stereocenters. The lowest BCUT2D eigenvalue weighted by atomic mass is 10.2. The maximum atomic E-state index is 11.5. The zero-order valence-electron chi connectivity index (χ0n) is 9.81. The number of rotatable bonds is 2. The molecule has 0 spiro atoms. The molecule has 0 fully saturated rings. The highest BCUT2D eigenvalue weighted by Gasteiger charge is 2.08. The SMILES string of the molecule is CC(C)OC(=O)Nc1cccc2cccnc12. The van der Waals surface area contributed by atoms with Crippen LogP contribution in [-0.2, 0) is 4.74 Å². The molecule has 0 bridgehead atoms. The van der Waals surface area contributed by atoms with Gasteiger partial charge in [0.05, 0.1) is 17.3 Å². The molecule has 1 aromatic heterocycles. The molecule has 0 aliphatic carbocycles. The number of nitrogens with one attached hydrogen (secondary N) is 1. The van der Waals surface area contributed by atoms with Crippen LogP contribution in [0.3, 0.4) is 0 Å². The van der Waals surface area contributed by atoms with Gasteiger partial charge < -0.3 is 4.74 Å². The Bertz CT molecular complexity index is 532. The molecule has 1 amide bonds. The Morgan fingerprint density at radius 3 is 2.82 bits per heavy atom. The van der Waals surface area contributed by atoms with Gasteiger partial charge in [-0.1, -0.05) is 18.2 Å². The number of amides is 1. The van der Waals surface area contributed by atoms with Crippen molar-refractivity contribution in [1.82, 2.24) is 4.98 Å². The van der Waals surface area contributed by atoms with Crippen molar-refractivity contribution in [2.24, 2.45) is 0 Å². The third-order valence-corrected chi connectivity index (χ3v) is 2.21. The maximum Gasteiger partial charge on any atom is 0.411 e. The number of anilines is 1. The molecule has 2 aromatic rings. The molecule has 4 nitrogen and oxygen atoms in total. The summed E-state index contributed by atoms with van der Waals surface area (Å²) in [4.78, 5) is 15.7. The Balaban J connectivity index is 2.27. The van der Waals surface area contributed by atoms with Gasteiger partial charge in [0, 0.05) is 11.6 Å². The molecular formula is C13H14N2O2. The van der Waals surface area contributed by atoms with Crippen LogP contribution in [0.25, 0.3) is 10.9 Å². The van der Waals surface area contributed by atoms with Crippen molar-refractivity contribution in [1.29, 1.82) is 0 Å². The highest BCUT2D eigenvalue weighted by molar-refractivity contribution is 5.97. The molecule has 88 valence electrons. The number of carbonyl (C=O) groups excluding carboxylic acids is 1. The van der Waals surface area contributed by atoms with Crippen molar-refractivity contribution in [3.8, 4) is 0 Å². The molecule has 0 saturated carbocycles. The monoisotopic (exact) mass is 230 g/mol. The molecule has 0 unspecified atom stereocenters. The maximum absolute atomic E-state index is 11.5. The summed E-state index contributed by atoms with van der Waals surface area (Å²) >= 11 is 0. The first-order valence-corrected chi connectivity index (χ1v) is 5.48. The number of para-hydroxylation sites is 1. The Morgan fingerprint density at radius 1 is 1.29 bits per heavy atom. The van der Waals surface area contributed by atoms with E-state index in [1.54, 1.807) is 26.1 Å². The molecule has 1 aromatic carbocycles. The molecule has 1 heterocycles. The molecule has 0 saturated heterocycles. The van der Waals surface area contributed by atoms with E-state index in [1.807, 2.05) is 24.3 Å². The number of nitrogens with zero attached hydrogens (tertiary/aromatic N) is 1. The lowest BCUT2D eigenvalue weighted by Gasteiger charge is -2.10. The second-order valence-corrected chi connectivity index (χ2v) is 3.96. The minimum atomic E-state index is -0.460. The second-order valence-electron chi connectivity index (χ2n) is 3.96. The topological polar surface area (TPSA) is 51.2 Å². The first kappa shape index (κ1) is 11.4. The van der Waals surface area contributed by atoms with Crippen LogP contribution in [0.15, 0.2) is 36.5 Å². The van der Waals surface area contributed by atoms with Gasteiger partial charge in [0.1, 0.15) is 0 Å². The quantitative estimate of drug-likeness (QED) is 0.861. The first-order chi connectivity index (χ1) is 8.16. The Morgan fingerprint density at radius 2 is 2.06 bits per heavy atom. The highest BCUT2D eigenvalue weighted by Crippen LogP contribution is 2.20. The van der Waals surface area contributed by atoms with Gasteiger partial charge in [0.25, 0.3) is 0 Å². The predicted octanol–water partition coefficient (Wildman–Crippen LogP) is 3.19. The van der Waals surface area contributed by atoms with Crippen molar-refractivity contribution < 1.29 is 9.53 Å². The number of benzene rings is 1. The molecule has 1 N–H and O–H groups in total. The standard InChI is InChI=1S/C13H14N2O2/c1-9(2)17-13(16)15-11-7-3-5-10-6-4-8-14-12(10)11/h3-9H,1-2H3,(H,15,16). The van der Waals surface area contributed by atoms with Crippen molar-refractivity contribution in [3.05, 3.63) is 36.5 Å². The second kappa shape index (κ2) is 4.82. The molecule has 17 heavy (non-hydrogen) atoms. The number of aromatic nitrogens is 1. The summed E-state index contributed by atoms with van der Waals surface area (Å²) in [5, 5.41) is 3.67. The van der Waals surface area contributed by atoms with E-state index in [2.05, 4.69) is 10.3 Å². The normalized spacial score (nSPS) is 10.5. The van der Waals surface area contributed by atoms with E-state index in [1.165, 1.54) is 0 Å². The Hall–Kier alpha value is -2.10. The van der Waals surface area contributed by atoms with Gasteiger partial charge in [-0.25, -0.2) is 4.79 Å². The molecule has 2 rings (SSSR count). The van der Waals surface area contributed by atoms with Crippen LogP contribution < -0.4 is 5.32 Å². The summed E-state index contributed by atoms with van der Waals surface area (Å²) in [6.07, 6.45) is 1.09. The van der Waals surface area contributed by atoms with Crippen LogP contribution in [0.4, 0.5) is 10.5 Å². The van der Waals surface area contributed by atoms with Crippen LogP contribution in [0.5, 0.6) is 0 Å². The lowest BCUT2D eigenvalue weighted by Crippen LogP contribution is -2.18. The third kappa shape index (κ3) is 2.72. The summed E-state index contributed by atoms with van der Waals surface area (Å²) in [5.41, 5.74) is 1.42. The van der Waals surface area contributed by atoms with E-state index in [9.17, 15) is 4.79 Å². The minimum absolute atomic E-state index is 0.141.